The number of aromatic nitrogens is 1. The van der Waals surface area contributed by atoms with Crippen molar-refractivity contribution in [2.75, 3.05) is 0 Å². The van der Waals surface area contributed by atoms with Crippen LogP contribution in [0.1, 0.15) is 78.6 Å². The number of halogens is 3. The van der Waals surface area contributed by atoms with Crippen molar-refractivity contribution in [3.05, 3.63) is 247 Å². The molecule has 9 aromatic carbocycles. The Labute approximate surface area is 408 Å². The molecule has 1 heterocycles. The summed E-state index contributed by atoms with van der Waals surface area (Å²) < 4.78 is 16.4. The summed E-state index contributed by atoms with van der Waals surface area (Å²) in [7, 11) is 0. The highest BCUT2D eigenvalue weighted by molar-refractivity contribution is 9.10. The molecule has 0 fully saturated rings. The smallest absolute Gasteiger partial charge is 0.124 e. The maximum atomic E-state index is 12.1. The highest BCUT2D eigenvalue weighted by Gasteiger charge is 2.41. The lowest BCUT2D eigenvalue weighted by atomic mass is 9.76. The second-order valence-electron chi connectivity index (χ2n) is 19.5. The number of nitrogens with zero attached hydrogens (tertiary/aromatic N) is 1. The lowest BCUT2D eigenvalue weighted by Crippen LogP contribution is -2.19. The van der Waals surface area contributed by atoms with Gasteiger partial charge in [0.1, 0.15) is 5.82 Å². The van der Waals surface area contributed by atoms with Gasteiger partial charge in [-0.25, -0.2) is 4.39 Å². The molecule has 326 valence electrons. The van der Waals surface area contributed by atoms with Crippen molar-refractivity contribution in [1.29, 1.82) is 0 Å². The van der Waals surface area contributed by atoms with Crippen LogP contribution in [0.2, 0.25) is 0 Å². The van der Waals surface area contributed by atoms with E-state index in [1.807, 2.05) is 0 Å². The zero-order valence-corrected chi connectivity index (χ0v) is 41.2. The van der Waals surface area contributed by atoms with Gasteiger partial charge in [-0.05, 0) is 163 Å². The Hall–Kier alpha value is -6.33. The Balaban J connectivity index is 0.000000122. The van der Waals surface area contributed by atoms with Crippen LogP contribution < -0.4 is 0 Å². The highest BCUT2D eigenvalue weighted by atomic mass is 79.9. The van der Waals surface area contributed by atoms with Crippen molar-refractivity contribution >= 4 is 70.0 Å². The van der Waals surface area contributed by atoms with Crippen molar-refractivity contribution in [2.24, 2.45) is 0 Å². The zero-order valence-electron chi connectivity index (χ0n) is 38.0. The van der Waals surface area contributed by atoms with Gasteiger partial charge in [-0.15, -0.1) is 0 Å². The number of para-hydroxylation sites is 1. The Morgan fingerprint density at radius 2 is 1.13 bits per heavy atom. The summed E-state index contributed by atoms with van der Waals surface area (Å²) in [5.41, 5.74) is 24.4. The average molecular weight is 998 g/mol. The molecule has 1 nitrogen and oxygen atoms in total. The fourth-order valence-electron chi connectivity index (χ4n) is 11.9. The van der Waals surface area contributed by atoms with Crippen molar-refractivity contribution in [1.82, 2.24) is 4.57 Å². The van der Waals surface area contributed by atoms with E-state index in [4.69, 9.17) is 0 Å². The molecule has 4 heteroatoms. The molecule has 0 radical (unpaired) electrons. The molecule has 0 atom stereocenters. The van der Waals surface area contributed by atoms with E-state index >= 15 is 0 Å². The van der Waals surface area contributed by atoms with E-state index in [1.54, 1.807) is 17.7 Å². The maximum absolute atomic E-state index is 12.1. The van der Waals surface area contributed by atoms with Crippen LogP contribution in [-0.4, -0.2) is 4.57 Å². The number of rotatable bonds is 1. The molecule has 0 unspecified atom stereocenters. The van der Waals surface area contributed by atoms with Crippen LogP contribution in [0.3, 0.4) is 0 Å². The summed E-state index contributed by atoms with van der Waals surface area (Å²) in [6.45, 7) is 9.59. The third-order valence-corrected chi connectivity index (χ3v) is 16.1. The zero-order chi connectivity index (χ0) is 45.8. The molecule has 0 amide bonds. The van der Waals surface area contributed by atoms with Gasteiger partial charge in [0.25, 0.3) is 0 Å². The highest BCUT2D eigenvalue weighted by Crippen LogP contribution is 2.56. The van der Waals surface area contributed by atoms with Crippen LogP contribution in [0, 0.1) is 5.82 Å². The average Bonchev–Trinajstić information content (AvgIpc) is 4.00. The summed E-state index contributed by atoms with van der Waals surface area (Å²) in [6.07, 6.45) is 3.44. The minimum Gasteiger partial charge on any atom is -0.309 e. The van der Waals surface area contributed by atoms with Crippen molar-refractivity contribution < 1.29 is 4.39 Å². The normalized spacial score (nSPS) is 15.1. The largest absolute Gasteiger partial charge is 0.309 e. The van der Waals surface area contributed by atoms with Gasteiger partial charge >= 0.3 is 0 Å². The number of aryl methyl sites for hydroxylation is 1. The van der Waals surface area contributed by atoms with Crippen molar-refractivity contribution in [2.45, 2.75) is 57.8 Å². The number of allylic oxidation sites excluding steroid dienone is 1. The minimum atomic E-state index is -0.209. The Morgan fingerprint density at radius 3 is 1.91 bits per heavy atom. The van der Waals surface area contributed by atoms with E-state index in [0.717, 1.165) is 15.4 Å². The second-order valence-corrected chi connectivity index (χ2v) is 21.4. The predicted octanol–water partition coefficient (Wildman–Crippen LogP) is 17.9. The molecule has 14 rings (SSSR count). The van der Waals surface area contributed by atoms with Crippen molar-refractivity contribution in [3.8, 4) is 27.9 Å². The first-order valence-corrected chi connectivity index (χ1v) is 24.9. The SMILES string of the molecule is CC1(C)C2=C(c3ccccc3CC2)c2cc3c(cc21)Cc1ccccc1-3.CC1(C)c2cc3c(cc2-c2c1ccc1ccccc21)c1ccccc1n3-c1cccc(Br)c1.Fc1cccc(Br)c1. The maximum Gasteiger partial charge on any atom is 0.124 e. The van der Waals surface area contributed by atoms with E-state index in [2.05, 4.69) is 222 Å². The van der Waals surface area contributed by atoms with Crippen molar-refractivity contribution in [3.63, 3.8) is 0 Å². The molecule has 0 N–H and O–H groups in total. The number of benzene rings is 9. The quantitative estimate of drug-likeness (QED) is 0.154. The molecule has 0 saturated carbocycles. The van der Waals surface area contributed by atoms with Crippen LogP contribution in [0.15, 0.2) is 197 Å². The van der Waals surface area contributed by atoms with Crippen LogP contribution in [-0.2, 0) is 23.7 Å². The van der Waals surface area contributed by atoms with E-state index in [-0.39, 0.29) is 16.6 Å². The van der Waals surface area contributed by atoms with Gasteiger partial charge in [0.05, 0.1) is 11.0 Å². The fraction of sp³-hybridized carbons (Fsp3) is 0.143. The van der Waals surface area contributed by atoms with Crippen LogP contribution in [0.5, 0.6) is 0 Å². The number of hydrogen-bond donors (Lipinski definition) is 0. The van der Waals surface area contributed by atoms with Gasteiger partial charge < -0.3 is 4.57 Å². The molecular weight excluding hydrogens is 950 g/mol. The lowest BCUT2D eigenvalue weighted by Gasteiger charge is -2.28. The molecule has 10 aromatic rings. The van der Waals surface area contributed by atoms with E-state index in [1.165, 1.54) is 136 Å². The van der Waals surface area contributed by atoms with Gasteiger partial charge in [-0.2, -0.15) is 0 Å². The van der Waals surface area contributed by atoms with E-state index < -0.39 is 0 Å². The van der Waals surface area contributed by atoms with Gasteiger partial charge in [-0.3, -0.25) is 0 Å². The summed E-state index contributed by atoms with van der Waals surface area (Å²) in [4.78, 5) is 0. The molecule has 0 spiro atoms. The molecular formula is C63H48Br2FN. The van der Waals surface area contributed by atoms with Crippen LogP contribution in [0.25, 0.3) is 66.1 Å². The van der Waals surface area contributed by atoms with Crippen LogP contribution >= 0.6 is 31.9 Å². The van der Waals surface area contributed by atoms with Gasteiger partial charge in [0, 0.05) is 36.2 Å². The fourth-order valence-corrected chi connectivity index (χ4v) is 12.6. The standard InChI is InChI=1S/C31H22BrN.C26H22.C6H4BrF/c1-31(2)26-15-14-19-8-3-4-11-22(19)30(26)25-17-24-23-12-5-6-13-28(23)33(29(24)18-27(25)31)21-10-7-9-20(32)16-21;1-26(2)23-12-11-16-7-3-6-10-20(16)25(23)22-15-21-18(14-24(22)26)13-17-8-4-5-9-19(17)21;7-5-2-1-3-6(8)4-5/h3-18H,1-2H3;3-10,14-15H,11-13H2,1-2H3;1-4H. The van der Waals surface area contributed by atoms with Gasteiger partial charge in [0.15, 0.2) is 0 Å². The Kier molecular flexibility index (Phi) is 9.98. The molecule has 0 aliphatic heterocycles. The molecule has 4 aliphatic rings. The first-order chi connectivity index (χ1) is 32.5. The summed E-state index contributed by atoms with van der Waals surface area (Å²) in [5.74, 6) is -0.209. The summed E-state index contributed by atoms with van der Waals surface area (Å²) in [6, 6.07) is 64.9. The Bertz CT molecular complexity index is 3700. The topological polar surface area (TPSA) is 4.93 Å². The van der Waals surface area contributed by atoms with Gasteiger partial charge in [-0.1, -0.05) is 186 Å². The lowest BCUT2D eigenvalue weighted by molar-refractivity contribution is 0.603. The molecule has 4 aliphatic carbocycles. The first kappa shape index (κ1) is 42.1. The molecule has 0 saturated heterocycles. The summed E-state index contributed by atoms with van der Waals surface area (Å²) in [5, 5.41) is 5.25. The Morgan fingerprint density at radius 1 is 0.448 bits per heavy atom. The molecule has 67 heavy (non-hydrogen) atoms. The third-order valence-electron chi connectivity index (χ3n) is 15.1. The van der Waals surface area contributed by atoms with Crippen LogP contribution in [0.4, 0.5) is 4.39 Å². The van der Waals surface area contributed by atoms with E-state index in [9.17, 15) is 4.39 Å². The molecule has 0 bridgehead atoms. The number of hydrogen-bond acceptors (Lipinski definition) is 0. The third kappa shape index (κ3) is 6.73. The first-order valence-electron chi connectivity index (χ1n) is 23.3. The second kappa shape index (κ2) is 15.9. The minimum absolute atomic E-state index is 0.0541. The monoisotopic (exact) mass is 995 g/mol. The molecule has 1 aromatic heterocycles. The predicted molar refractivity (Wildman–Crippen MR) is 286 cm³/mol. The van der Waals surface area contributed by atoms with E-state index in [0.29, 0.717) is 0 Å². The van der Waals surface area contributed by atoms with Gasteiger partial charge in [0.2, 0.25) is 0 Å². The summed E-state index contributed by atoms with van der Waals surface area (Å²) >= 11 is 6.79. The number of fused-ring (bicyclic) bond motifs is 15.